The highest BCUT2D eigenvalue weighted by atomic mass is 16.3. The van der Waals surface area contributed by atoms with Crippen molar-refractivity contribution in [3.05, 3.63) is 59.5 Å². The summed E-state index contributed by atoms with van der Waals surface area (Å²) in [6, 6.07) is 12.6. The number of benzene rings is 1. The quantitative estimate of drug-likeness (QED) is 0.767. The number of aliphatic hydroxyl groups is 1. The van der Waals surface area contributed by atoms with E-state index in [-0.39, 0.29) is 12.1 Å². The van der Waals surface area contributed by atoms with E-state index in [0.717, 1.165) is 17.1 Å². The highest BCUT2D eigenvalue weighted by Crippen LogP contribution is 2.16. The van der Waals surface area contributed by atoms with E-state index in [2.05, 4.69) is 10.6 Å². The molecule has 0 aliphatic carbocycles. The number of hydrogen-bond acceptors (Lipinski definition) is 3. The van der Waals surface area contributed by atoms with Crippen molar-refractivity contribution in [2.45, 2.75) is 32.4 Å². The molecule has 0 aliphatic rings. The van der Waals surface area contributed by atoms with Crippen molar-refractivity contribution in [3.8, 4) is 0 Å². The topological polar surface area (TPSA) is 74.5 Å². The molecule has 2 aromatic rings. The molecular weight excluding hydrogens is 280 g/mol. The first kappa shape index (κ1) is 16.1. The van der Waals surface area contributed by atoms with Gasteiger partial charge in [-0.05, 0) is 38.0 Å². The van der Waals surface area contributed by atoms with E-state index < -0.39 is 6.10 Å². The molecule has 0 aliphatic heterocycles. The van der Waals surface area contributed by atoms with Gasteiger partial charge >= 0.3 is 6.03 Å². The number of furan rings is 1. The number of carbonyl (C=O) groups is 1. The first-order chi connectivity index (χ1) is 10.6. The molecular formula is C17H22N2O3. The van der Waals surface area contributed by atoms with Crippen LogP contribution in [0.15, 0.2) is 46.9 Å². The number of amides is 2. The summed E-state index contributed by atoms with van der Waals surface area (Å²) in [6.45, 7) is 4.11. The largest absolute Gasteiger partial charge is 0.464 e. The molecule has 3 N–H and O–H groups in total. The number of urea groups is 1. The van der Waals surface area contributed by atoms with E-state index in [0.29, 0.717) is 13.0 Å². The van der Waals surface area contributed by atoms with Gasteiger partial charge in [-0.25, -0.2) is 4.79 Å². The lowest BCUT2D eigenvalue weighted by Crippen LogP contribution is -2.37. The van der Waals surface area contributed by atoms with Crippen molar-refractivity contribution in [3.63, 3.8) is 0 Å². The predicted octanol–water partition coefficient (Wildman–Crippen LogP) is 3.07. The molecule has 0 spiro atoms. The van der Waals surface area contributed by atoms with E-state index in [4.69, 9.17) is 4.42 Å². The Morgan fingerprint density at radius 3 is 2.59 bits per heavy atom. The molecule has 1 aromatic carbocycles. The highest BCUT2D eigenvalue weighted by Gasteiger charge is 2.13. The van der Waals surface area contributed by atoms with Gasteiger partial charge in [0.1, 0.15) is 11.5 Å². The molecule has 0 saturated carbocycles. The number of rotatable bonds is 6. The molecule has 2 unspecified atom stereocenters. The fraction of sp³-hybridized carbons (Fsp3) is 0.353. The molecule has 1 heterocycles. The van der Waals surface area contributed by atoms with Gasteiger partial charge in [-0.1, -0.05) is 30.3 Å². The molecule has 0 bridgehead atoms. The van der Waals surface area contributed by atoms with Crippen LogP contribution in [-0.2, 0) is 0 Å². The van der Waals surface area contributed by atoms with Crippen molar-refractivity contribution in [2.24, 2.45) is 0 Å². The normalized spacial score (nSPS) is 13.4. The Bertz CT molecular complexity index is 595. The minimum atomic E-state index is -0.577. The van der Waals surface area contributed by atoms with E-state index >= 15 is 0 Å². The lowest BCUT2D eigenvalue weighted by Gasteiger charge is -2.14. The average molecular weight is 302 g/mol. The van der Waals surface area contributed by atoms with E-state index in [9.17, 15) is 9.90 Å². The first-order valence-electron chi connectivity index (χ1n) is 7.40. The van der Waals surface area contributed by atoms with Crippen molar-refractivity contribution in [1.29, 1.82) is 0 Å². The highest BCUT2D eigenvalue weighted by molar-refractivity contribution is 5.74. The second kappa shape index (κ2) is 7.66. The molecule has 0 saturated heterocycles. The Labute approximate surface area is 130 Å². The van der Waals surface area contributed by atoms with Crippen LogP contribution < -0.4 is 10.6 Å². The van der Waals surface area contributed by atoms with Gasteiger partial charge in [-0.3, -0.25) is 0 Å². The summed E-state index contributed by atoms with van der Waals surface area (Å²) in [5, 5.41) is 15.5. The van der Waals surface area contributed by atoms with Crippen LogP contribution in [0, 0.1) is 6.92 Å². The molecule has 2 amide bonds. The Morgan fingerprint density at radius 2 is 1.95 bits per heavy atom. The third-order valence-electron chi connectivity index (χ3n) is 3.42. The van der Waals surface area contributed by atoms with Gasteiger partial charge in [-0.15, -0.1) is 0 Å². The maximum atomic E-state index is 11.8. The van der Waals surface area contributed by atoms with Crippen LogP contribution >= 0.6 is 0 Å². The lowest BCUT2D eigenvalue weighted by molar-refractivity contribution is 0.166. The summed E-state index contributed by atoms with van der Waals surface area (Å²) >= 11 is 0. The van der Waals surface area contributed by atoms with Crippen LogP contribution in [0.2, 0.25) is 0 Å². The third kappa shape index (κ3) is 4.63. The fourth-order valence-electron chi connectivity index (χ4n) is 2.17. The van der Waals surface area contributed by atoms with Gasteiger partial charge in [0.05, 0.1) is 12.1 Å². The minimum Gasteiger partial charge on any atom is -0.464 e. The van der Waals surface area contributed by atoms with E-state index in [1.807, 2.05) is 56.3 Å². The summed E-state index contributed by atoms with van der Waals surface area (Å²) in [5.74, 6) is 1.53. The number of nitrogens with one attached hydrogen (secondary N) is 2. The van der Waals surface area contributed by atoms with Crippen LogP contribution in [0.4, 0.5) is 4.79 Å². The summed E-state index contributed by atoms with van der Waals surface area (Å²) in [7, 11) is 0. The van der Waals surface area contributed by atoms with Crippen molar-refractivity contribution < 1.29 is 14.3 Å². The summed E-state index contributed by atoms with van der Waals surface area (Å²) in [5.41, 5.74) is 0.851. The van der Waals surface area contributed by atoms with Gasteiger partial charge in [-0.2, -0.15) is 0 Å². The van der Waals surface area contributed by atoms with Crippen LogP contribution in [0.3, 0.4) is 0 Å². The zero-order chi connectivity index (χ0) is 15.9. The van der Waals surface area contributed by atoms with Gasteiger partial charge in [0.2, 0.25) is 0 Å². The van der Waals surface area contributed by atoms with Gasteiger partial charge in [0.15, 0.2) is 0 Å². The second-order valence-electron chi connectivity index (χ2n) is 5.29. The summed E-state index contributed by atoms with van der Waals surface area (Å²) < 4.78 is 5.46. The molecule has 1 aromatic heterocycles. The monoisotopic (exact) mass is 302 g/mol. The number of hydrogen-bond donors (Lipinski definition) is 3. The Kier molecular flexibility index (Phi) is 5.61. The Morgan fingerprint density at radius 1 is 1.23 bits per heavy atom. The second-order valence-corrected chi connectivity index (χ2v) is 5.29. The van der Waals surface area contributed by atoms with Crippen molar-refractivity contribution in [1.82, 2.24) is 10.6 Å². The Hall–Kier alpha value is -2.27. The zero-order valence-corrected chi connectivity index (χ0v) is 12.9. The minimum absolute atomic E-state index is 0.201. The number of aryl methyl sites for hydroxylation is 1. The lowest BCUT2D eigenvalue weighted by atomic mass is 10.1. The zero-order valence-electron chi connectivity index (χ0n) is 12.9. The average Bonchev–Trinajstić information content (AvgIpc) is 2.94. The number of aliphatic hydroxyl groups excluding tert-OH is 1. The molecule has 22 heavy (non-hydrogen) atoms. The smallest absolute Gasteiger partial charge is 0.315 e. The van der Waals surface area contributed by atoms with Crippen LogP contribution in [0.25, 0.3) is 0 Å². The summed E-state index contributed by atoms with van der Waals surface area (Å²) in [4.78, 5) is 11.8. The molecule has 5 heteroatoms. The van der Waals surface area contributed by atoms with Crippen LogP contribution in [0.1, 0.15) is 42.6 Å². The van der Waals surface area contributed by atoms with E-state index in [1.54, 1.807) is 0 Å². The predicted molar refractivity (Wildman–Crippen MR) is 84.4 cm³/mol. The molecule has 118 valence electrons. The molecule has 2 rings (SSSR count). The maximum Gasteiger partial charge on any atom is 0.315 e. The number of carbonyl (C=O) groups excluding carboxylic acids is 1. The van der Waals surface area contributed by atoms with Gasteiger partial charge in [0.25, 0.3) is 0 Å². The van der Waals surface area contributed by atoms with Gasteiger partial charge < -0.3 is 20.2 Å². The molecule has 5 nitrogen and oxygen atoms in total. The van der Waals surface area contributed by atoms with Crippen molar-refractivity contribution in [2.75, 3.05) is 6.54 Å². The molecule has 0 radical (unpaired) electrons. The third-order valence-corrected chi connectivity index (χ3v) is 3.42. The van der Waals surface area contributed by atoms with E-state index in [1.165, 1.54) is 0 Å². The molecule has 0 fully saturated rings. The summed E-state index contributed by atoms with van der Waals surface area (Å²) in [6.07, 6.45) is -0.113. The van der Waals surface area contributed by atoms with Crippen molar-refractivity contribution >= 4 is 6.03 Å². The Balaban J connectivity index is 1.71. The van der Waals surface area contributed by atoms with Crippen LogP contribution in [0.5, 0.6) is 0 Å². The maximum absolute atomic E-state index is 11.8. The molecule has 2 atom stereocenters. The first-order valence-corrected chi connectivity index (χ1v) is 7.40. The van der Waals surface area contributed by atoms with Crippen LogP contribution in [-0.4, -0.2) is 17.7 Å². The standard InChI is InChI=1S/C17H22N2O3/c1-12-8-9-16(22-12)13(2)19-17(21)18-11-10-15(20)14-6-4-3-5-7-14/h3-9,13,15,20H,10-11H2,1-2H3,(H2,18,19,21). The fourth-order valence-corrected chi connectivity index (χ4v) is 2.17. The SMILES string of the molecule is Cc1ccc(C(C)NC(=O)NCCC(O)c2ccccc2)o1. The van der Waals surface area contributed by atoms with Gasteiger partial charge in [0, 0.05) is 6.54 Å².